The van der Waals surface area contributed by atoms with Gasteiger partial charge < -0.3 is 25.2 Å². The molecule has 1 fully saturated rings. The highest BCUT2D eigenvalue weighted by atomic mass is 35.5. The van der Waals surface area contributed by atoms with Crippen LogP contribution in [0.1, 0.15) is 46.7 Å². The van der Waals surface area contributed by atoms with Crippen molar-refractivity contribution >= 4 is 34.9 Å². The SMILES string of the molecule is CCOc1ncccc1-c1ccc(N2CCN(C(=O)c3ccc(Cl)cc3C(F)(F)F)C[C@H]2CC)c(C(=O)NCC2=NCCN2)n1. The standard InChI is InChI=1S/C31H33ClF3N7O3/c1-3-20-18-41(30(44)21-8-7-19(32)16-23(21)31(33,34)35)14-15-42(20)25-10-9-24(22-6-5-11-38-29(22)45-4-2)40-27(25)28(43)39-17-26-36-12-13-37-26/h5-11,16,20H,3-4,12-15,17-18H2,1-2H3,(H,36,37)(H,39,43)/t20-/m1/s1. The highest BCUT2D eigenvalue weighted by Gasteiger charge is 2.38. The van der Waals surface area contributed by atoms with E-state index in [9.17, 15) is 22.8 Å². The number of pyridine rings is 2. The van der Waals surface area contributed by atoms with Crippen LogP contribution < -0.4 is 20.3 Å². The van der Waals surface area contributed by atoms with E-state index in [1.165, 1.54) is 11.0 Å². The third-order valence-corrected chi connectivity index (χ3v) is 7.88. The molecule has 14 heteroatoms. The summed E-state index contributed by atoms with van der Waals surface area (Å²) in [5, 5.41) is 5.92. The van der Waals surface area contributed by atoms with Crippen LogP contribution in [0.15, 0.2) is 53.7 Å². The smallest absolute Gasteiger partial charge is 0.417 e. The molecule has 0 unspecified atom stereocenters. The van der Waals surface area contributed by atoms with Gasteiger partial charge in [0.2, 0.25) is 5.88 Å². The van der Waals surface area contributed by atoms with Crippen LogP contribution in [0.5, 0.6) is 5.88 Å². The number of carbonyl (C=O) groups is 2. The van der Waals surface area contributed by atoms with E-state index in [2.05, 4.69) is 20.6 Å². The molecule has 2 aromatic heterocycles. The monoisotopic (exact) mass is 643 g/mol. The number of carbonyl (C=O) groups excluding carboxylic acids is 2. The number of nitrogens with zero attached hydrogens (tertiary/aromatic N) is 5. The van der Waals surface area contributed by atoms with E-state index in [0.717, 1.165) is 12.1 Å². The number of aliphatic imine (C=N–C) groups is 1. The number of amides is 2. The van der Waals surface area contributed by atoms with Gasteiger partial charge >= 0.3 is 6.18 Å². The van der Waals surface area contributed by atoms with Gasteiger partial charge in [0.1, 0.15) is 5.84 Å². The second-order valence-corrected chi connectivity index (χ2v) is 10.9. The summed E-state index contributed by atoms with van der Waals surface area (Å²) in [6, 6.07) is 10.0. The van der Waals surface area contributed by atoms with E-state index in [0.29, 0.717) is 54.8 Å². The third kappa shape index (κ3) is 7.14. The molecule has 0 spiro atoms. The van der Waals surface area contributed by atoms with Crippen LogP contribution in [0.2, 0.25) is 5.02 Å². The number of piperazine rings is 1. The fourth-order valence-electron chi connectivity index (χ4n) is 5.47. The molecule has 0 radical (unpaired) electrons. The lowest BCUT2D eigenvalue weighted by Gasteiger charge is -2.43. The number of rotatable bonds is 9. The Balaban J connectivity index is 1.46. The molecular formula is C31H33ClF3N7O3. The van der Waals surface area contributed by atoms with Crippen LogP contribution in [-0.2, 0) is 6.18 Å². The lowest BCUT2D eigenvalue weighted by Crippen LogP contribution is -2.55. The van der Waals surface area contributed by atoms with Crippen LogP contribution in [0.25, 0.3) is 11.3 Å². The van der Waals surface area contributed by atoms with Crippen molar-refractivity contribution in [2.24, 2.45) is 4.99 Å². The minimum Gasteiger partial charge on any atom is -0.477 e. The Hall–Kier alpha value is -4.39. The van der Waals surface area contributed by atoms with Crippen LogP contribution in [0, 0.1) is 0 Å². The predicted octanol–water partition coefficient (Wildman–Crippen LogP) is 4.69. The maximum absolute atomic E-state index is 13.8. The van der Waals surface area contributed by atoms with E-state index in [1.807, 2.05) is 24.8 Å². The molecule has 1 saturated heterocycles. The first-order chi connectivity index (χ1) is 21.6. The predicted molar refractivity (Wildman–Crippen MR) is 165 cm³/mol. The van der Waals surface area contributed by atoms with Gasteiger partial charge in [-0.2, -0.15) is 13.2 Å². The van der Waals surface area contributed by atoms with Crippen molar-refractivity contribution in [3.05, 3.63) is 70.5 Å². The number of alkyl halides is 3. The molecule has 3 aromatic rings. The molecule has 4 heterocycles. The minimum atomic E-state index is -4.74. The van der Waals surface area contributed by atoms with E-state index >= 15 is 0 Å². The van der Waals surface area contributed by atoms with Gasteiger partial charge in [-0.25, -0.2) is 9.97 Å². The van der Waals surface area contributed by atoms with Crippen molar-refractivity contribution in [1.82, 2.24) is 25.5 Å². The molecule has 2 amide bonds. The Morgan fingerprint density at radius 2 is 1.98 bits per heavy atom. The number of hydrogen-bond acceptors (Lipinski definition) is 8. The zero-order valence-electron chi connectivity index (χ0n) is 24.8. The number of amidine groups is 1. The van der Waals surface area contributed by atoms with Gasteiger partial charge in [0.15, 0.2) is 5.69 Å². The van der Waals surface area contributed by atoms with Gasteiger partial charge in [0, 0.05) is 43.4 Å². The summed E-state index contributed by atoms with van der Waals surface area (Å²) in [6.45, 7) is 6.25. The van der Waals surface area contributed by atoms with Gasteiger partial charge in [-0.15, -0.1) is 0 Å². The minimum absolute atomic E-state index is 0.104. The Morgan fingerprint density at radius 3 is 2.69 bits per heavy atom. The number of nitrogens with one attached hydrogen (secondary N) is 2. The molecule has 2 N–H and O–H groups in total. The molecule has 0 saturated carbocycles. The molecule has 45 heavy (non-hydrogen) atoms. The highest BCUT2D eigenvalue weighted by Crippen LogP contribution is 2.36. The molecule has 238 valence electrons. The Labute approximate surface area is 263 Å². The number of hydrogen-bond donors (Lipinski definition) is 2. The molecular weight excluding hydrogens is 611 g/mol. The largest absolute Gasteiger partial charge is 0.477 e. The van der Waals surface area contributed by atoms with Crippen LogP contribution in [0.3, 0.4) is 0 Å². The summed E-state index contributed by atoms with van der Waals surface area (Å²) < 4.78 is 47.0. The van der Waals surface area contributed by atoms with Crippen molar-refractivity contribution in [2.75, 3.05) is 50.8 Å². The maximum Gasteiger partial charge on any atom is 0.417 e. The van der Waals surface area contributed by atoms with Gasteiger partial charge in [-0.1, -0.05) is 18.5 Å². The summed E-state index contributed by atoms with van der Waals surface area (Å²) in [4.78, 5) is 43.9. The molecule has 0 bridgehead atoms. The first-order valence-electron chi connectivity index (χ1n) is 14.7. The Kier molecular flexibility index (Phi) is 9.76. The number of aromatic nitrogens is 2. The van der Waals surface area contributed by atoms with Crippen LogP contribution >= 0.6 is 11.6 Å². The highest BCUT2D eigenvalue weighted by molar-refractivity contribution is 6.30. The number of halogens is 4. The van der Waals surface area contributed by atoms with Crippen molar-refractivity contribution in [3.8, 4) is 17.1 Å². The summed E-state index contributed by atoms with van der Waals surface area (Å²) >= 11 is 5.83. The third-order valence-electron chi connectivity index (χ3n) is 7.65. The van der Waals surface area contributed by atoms with Crippen molar-refractivity contribution in [3.63, 3.8) is 0 Å². The fourth-order valence-corrected chi connectivity index (χ4v) is 5.64. The van der Waals surface area contributed by atoms with Gasteiger partial charge in [0.05, 0.1) is 47.8 Å². The average Bonchev–Trinajstić information content (AvgIpc) is 3.57. The van der Waals surface area contributed by atoms with Crippen molar-refractivity contribution in [1.29, 1.82) is 0 Å². The average molecular weight is 644 g/mol. The Morgan fingerprint density at radius 1 is 1.16 bits per heavy atom. The Bertz CT molecular complexity index is 1600. The quantitative estimate of drug-likeness (QED) is 0.348. The molecule has 0 aliphatic carbocycles. The zero-order chi connectivity index (χ0) is 32.1. The normalized spacial score (nSPS) is 16.7. The topological polar surface area (TPSA) is 112 Å². The van der Waals surface area contributed by atoms with Crippen LogP contribution in [-0.4, -0.2) is 84.4 Å². The van der Waals surface area contributed by atoms with E-state index < -0.39 is 29.1 Å². The second-order valence-electron chi connectivity index (χ2n) is 10.5. The van der Waals surface area contributed by atoms with E-state index in [-0.39, 0.29) is 42.9 Å². The zero-order valence-corrected chi connectivity index (χ0v) is 25.6. The molecule has 5 rings (SSSR count). The summed E-state index contributed by atoms with van der Waals surface area (Å²) in [5.74, 6) is -0.0936. The molecule has 1 atom stereocenters. The first-order valence-corrected chi connectivity index (χ1v) is 15.1. The fraction of sp³-hybridized carbons (Fsp3) is 0.387. The van der Waals surface area contributed by atoms with E-state index in [1.54, 1.807) is 24.4 Å². The van der Waals surface area contributed by atoms with Crippen LogP contribution in [0.4, 0.5) is 18.9 Å². The summed E-state index contributed by atoms with van der Waals surface area (Å²) in [7, 11) is 0. The molecule has 2 aliphatic rings. The van der Waals surface area contributed by atoms with Gasteiger partial charge in [-0.05, 0) is 55.8 Å². The van der Waals surface area contributed by atoms with Gasteiger partial charge in [0.25, 0.3) is 11.8 Å². The molecule has 2 aliphatic heterocycles. The van der Waals surface area contributed by atoms with Crippen molar-refractivity contribution < 1.29 is 27.5 Å². The number of anilines is 1. The molecule has 10 nitrogen and oxygen atoms in total. The summed E-state index contributed by atoms with van der Waals surface area (Å²) in [6.07, 6.45) is -2.58. The summed E-state index contributed by atoms with van der Waals surface area (Å²) in [5.41, 5.74) is 0.283. The number of benzene rings is 1. The lowest BCUT2D eigenvalue weighted by molar-refractivity contribution is -0.138. The lowest BCUT2D eigenvalue weighted by atomic mass is 10.0. The number of ether oxygens (including phenoxy) is 1. The molecule has 1 aromatic carbocycles. The maximum atomic E-state index is 13.8. The van der Waals surface area contributed by atoms with Gasteiger partial charge in [-0.3, -0.25) is 14.6 Å². The van der Waals surface area contributed by atoms with E-state index in [4.69, 9.17) is 21.3 Å². The van der Waals surface area contributed by atoms with Crippen molar-refractivity contribution in [2.45, 2.75) is 32.5 Å². The first kappa shape index (κ1) is 32.0. The second kappa shape index (κ2) is 13.7.